The maximum absolute atomic E-state index is 12.7. The van der Waals surface area contributed by atoms with Crippen LogP contribution in [-0.4, -0.2) is 43.0 Å². The highest BCUT2D eigenvalue weighted by Crippen LogP contribution is 2.31. The molecule has 2 N–H and O–H groups in total. The highest BCUT2D eigenvalue weighted by Gasteiger charge is 2.22. The van der Waals surface area contributed by atoms with Crippen molar-refractivity contribution in [1.82, 2.24) is 15.5 Å². The molecule has 2 heterocycles. The van der Waals surface area contributed by atoms with Gasteiger partial charge in [0.2, 0.25) is 5.91 Å². The summed E-state index contributed by atoms with van der Waals surface area (Å²) in [5.74, 6) is 1.96. The van der Waals surface area contributed by atoms with Crippen molar-refractivity contribution < 1.29 is 9.53 Å². The minimum absolute atomic E-state index is 0. The van der Waals surface area contributed by atoms with Gasteiger partial charge < -0.3 is 20.3 Å². The van der Waals surface area contributed by atoms with E-state index in [-0.39, 0.29) is 35.9 Å². The molecule has 2 aromatic carbocycles. The molecule has 0 aliphatic carbocycles. The molecule has 4 rings (SSSR count). The first-order chi connectivity index (χ1) is 15.2. The standard InChI is InChI=1S/C25H32N4O2.HI/c1-2-26-25(28-22-14-17-31-23-11-6-5-10-21(22)23)27-15-7-12-24(30)29-16-13-19-8-3-4-9-20(19)18-29;/h3-6,8-11,22H,2,7,12-18H2,1H3,(H2,26,27,28);1H. The van der Waals surface area contributed by atoms with E-state index in [1.807, 2.05) is 29.2 Å². The van der Waals surface area contributed by atoms with Gasteiger partial charge in [-0.05, 0) is 37.0 Å². The molecule has 6 nitrogen and oxygen atoms in total. The Bertz CT molecular complexity index is 934. The Kier molecular flexibility index (Phi) is 9.20. The van der Waals surface area contributed by atoms with Crippen LogP contribution in [0.5, 0.6) is 5.75 Å². The number of carbonyl (C=O) groups is 1. The van der Waals surface area contributed by atoms with Crippen LogP contribution in [0.1, 0.15) is 48.9 Å². The first-order valence-electron chi connectivity index (χ1n) is 11.4. The summed E-state index contributed by atoms with van der Waals surface area (Å²) in [4.78, 5) is 19.4. The van der Waals surface area contributed by atoms with Crippen LogP contribution in [0.15, 0.2) is 53.5 Å². The van der Waals surface area contributed by atoms with Crippen LogP contribution in [0.25, 0.3) is 0 Å². The Labute approximate surface area is 207 Å². The Morgan fingerprint density at radius 3 is 2.78 bits per heavy atom. The van der Waals surface area contributed by atoms with Crippen LogP contribution in [0.3, 0.4) is 0 Å². The largest absolute Gasteiger partial charge is 0.493 e. The first kappa shape index (κ1) is 24.4. The number of fused-ring (bicyclic) bond motifs is 2. The van der Waals surface area contributed by atoms with Crippen molar-refractivity contribution in [2.75, 3.05) is 26.2 Å². The van der Waals surface area contributed by atoms with Gasteiger partial charge in [-0.25, -0.2) is 0 Å². The molecule has 1 atom stereocenters. The predicted octanol–water partition coefficient (Wildman–Crippen LogP) is 4.05. The van der Waals surface area contributed by atoms with Crippen LogP contribution >= 0.6 is 24.0 Å². The van der Waals surface area contributed by atoms with Gasteiger partial charge in [0.05, 0.1) is 12.6 Å². The number of nitrogens with one attached hydrogen (secondary N) is 2. The van der Waals surface area contributed by atoms with Crippen molar-refractivity contribution in [3.8, 4) is 5.75 Å². The third-order valence-corrected chi connectivity index (χ3v) is 5.92. The molecule has 1 amide bonds. The zero-order valence-corrected chi connectivity index (χ0v) is 21.0. The normalized spacial score (nSPS) is 17.3. The van der Waals surface area contributed by atoms with Gasteiger partial charge >= 0.3 is 0 Å². The van der Waals surface area contributed by atoms with Crippen molar-refractivity contribution >= 4 is 35.8 Å². The lowest BCUT2D eigenvalue weighted by atomic mass is 9.99. The van der Waals surface area contributed by atoms with Crippen molar-refractivity contribution in [3.05, 3.63) is 65.2 Å². The zero-order valence-electron chi connectivity index (χ0n) is 18.7. The molecule has 0 spiro atoms. The monoisotopic (exact) mass is 548 g/mol. The molecule has 0 saturated heterocycles. The van der Waals surface area contributed by atoms with Gasteiger partial charge in [-0.3, -0.25) is 9.79 Å². The smallest absolute Gasteiger partial charge is 0.222 e. The van der Waals surface area contributed by atoms with Crippen LogP contribution in [-0.2, 0) is 17.8 Å². The average molecular weight is 548 g/mol. The van der Waals surface area contributed by atoms with E-state index in [9.17, 15) is 4.79 Å². The van der Waals surface area contributed by atoms with Crippen molar-refractivity contribution in [2.45, 2.75) is 45.2 Å². The number of halogens is 1. The van der Waals surface area contributed by atoms with E-state index in [0.717, 1.165) is 50.6 Å². The number of nitrogens with zero attached hydrogens (tertiary/aromatic N) is 2. The fourth-order valence-electron chi connectivity index (χ4n) is 4.26. The van der Waals surface area contributed by atoms with E-state index in [2.05, 4.69) is 41.8 Å². The number of amides is 1. The molecule has 32 heavy (non-hydrogen) atoms. The highest BCUT2D eigenvalue weighted by atomic mass is 127. The summed E-state index contributed by atoms with van der Waals surface area (Å²) in [5, 5.41) is 6.87. The molecule has 0 fully saturated rings. The highest BCUT2D eigenvalue weighted by molar-refractivity contribution is 14.0. The van der Waals surface area contributed by atoms with E-state index in [4.69, 9.17) is 9.73 Å². The molecule has 0 bridgehead atoms. The Hall–Kier alpha value is -2.29. The number of carbonyl (C=O) groups excluding carboxylic acids is 1. The van der Waals surface area contributed by atoms with Gasteiger partial charge in [0.1, 0.15) is 5.75 Å². The molecule has 2 aliphatic heterocycles. The summed E-state index contributed by atoms with van der Waals surface area (Å²) in [7, 11) is 0. The lowest BCUT2D eigenvalue weighted by molar-refractivity contribution is -0.132. The summed E-state index contributed by atoms with van der Waals surface area (Å²) >= 11 is 0. The maximum atomic E-state index is 12.7. The summed E-state index contributed by atoms with van der Waals surface area (Å²) in [5.41, 5.74) is 3.81. The summed E-state index contributed by atoms with van der Waals surface area (Å²) in [6, 6.07) is 16.7. The Morgan fingerprint density at radius 1 is 1.16 bits per heavy atom. The van der Waals surface area contributed by atoms with Gasteiger partial charge in [-0.1, -0.05) is 42.5 Å². The molecule has 0 saturated carbocycles. The number of para-hydroxylation sites is 1. The van der Waals surface area contributed by atoms with Gasteiger partial charge in [0, 0.05) is 44.6 Å². The Balaban J connectivity index is 0.00000289. The molecule has 2 aliphatic rings. The van der Waals surface area contributed by atoms with Crippen LogP contribution in [0, 0.1) is 0 Å². The number of rotatable bonds is 6. The fourth-order valence-corrected chi connectivity index (χ4v) is 4.26. The molecule has 0 radical (unpaired) electrons. The van der Waals surface area contributed by atoms with E-state index in [1.165, 1.54) is 16.7 Å². The number of aliphatic imine (C=N–C) groups is 1. The van der Waals surface area contributed by atoms with Crippen LogP contribution in [0.2, 0.25) is 0 Å². The minimum atomic E-state index is 0. The van der Waals surface area contributed by atoms with E-state index in [1.54, 1.807) is 0 Å². The Morgan fingerprint density at radius 2 is 1.94 bits per heavy atom. The van der Waals surface area contributed by atoms with E-state index < -0.39 is 0 Å². The third kappa shape index (κ3) is 6.15. The SMILES string of the molecule is CCNC(=NCCCC(=O)N1CCc2ccccc2C1)NC1CCOc2ccccc21.I. The molecular weight excluding hydrogens is 515 g/mol. The van der Waals surface area contributed by atoms with E-state index in [0.29, 0.717) is 19.6 Å². The summed E-state index contributed by atoms with van der Waals surface area (Å²) in [6.07, 6.45) is 3.13. The number of guanidine groups is 1. The maximum Gasteiger partial charge on any atom is 0.222 e. The number of ether oxygens (including phenoxy) is 1. The van der Waals surface area contributed by atoms with Gasteiger partial charge in [0.25, 0.3) is 0 Å². The van der Waals surface area contributed by atoms with Gasteiger partial charge in [-0.15, -0.1) is 24.0 Å². The topological polar surface area (TPSA) is 66.0 Å². The quantitative estimate of drug-likeness (QED) is 0.248. The van der Waals surface area contributed by atoms with Crippen LogP contribution < -0.4 is 15.4 Å². The third-order valence-electron chi connectivity index (χ3n) is 5.92. The summed E-state index contributed by atoms with van der Waals surface area (Å²) < 4.78 is 5.76. The van der Waals surface area contributed by atoms with Crippen molar-refractivity contribution in [3.63, 3.8) is 0 Å². The number of benzene rings is 2. The van der Waals surface area contributed by atoms with Crippen LogP contribution in [0.4, 0.5) is 0 Å². The van der Waals surface area contributed by atoms with Crippen molar-refractivity contribution in [2.24, 2.45) is 4.99 Å². The fraction of sp³-hybridized carbons (Fsp3) is 0.440. The molecule has 0 aromatic heterocycles. The van der Waals surface area contributed by atoms with Crippen molar-refractivity contribution in [1.29, 1.82) is 0 Å². The lowest BCUT2D eigenvalue weighted by Gasteiger charge is -2.29. The summed E-state index contributed by atoms with van der Waals surface area (Å²) in [6.45, 7) is 5.71. The average Bonchev–Trinajstić information content (AvgIpc) is 2.81. The zero-order chi connectivity index (χ0) is 21.5. The minimum Gasteiger partial charge on any atom is -0.493 e. The lowest BCUT2D eigenvalue weighted by Crippen LogP contribution is -2.41. The predicted molar refractivity (Wildman–Crippen MR) is 139 cm³/mol. The molecule has 7 heteroatoms. The molecule has 1 unspecified atom stereocenters. The second kappa shape index (κ2) is 12.1. The van der Waals surface area contributed by atoms with E-state index >= 15 is 0 Å². The second-order valence-corrected chi connectivity index (χ2v) is 8.07. The number of hydrogen-bond donors (Lipinski definition) is 2. The first-order valence-corrected chi connectivity index (χ1v) is 11.4. The second-order valence-electron chi connectivity index (χ2n) is 8.07. The van der Waals surface area contributed by atoms with Gasteiger partial charge in [0.15, 0.2) is 5.96 Å². The van der Waals surface area contributed by atoms with Gasteiger partial charge in [-0.2, -0.15) is 0 Å². The number of hydrogen-bond acceptors (Lipinski definition) is 3. The molecule has 2 aromatic rings. The molecule has 172 valence electrons. The molecular formula is C25H33IN4O2.